The molecule has 7 bridgehead atoms. The summed E-state index contributed by atoms with van der Waals surface area (Å²) < 4.78 is 52.6. The number of hydrogen-bond acceptors (Lipinski definition) is 9. The maximum absolute atomic E-state index is 13.0. The maximum Gasteiger partial charge on any atom is 0.331 e. The molecule has 10 nitrogen and oxygen atoms in total. The van der Waals surface area contributed by atoms with Crippen molar-refractivity contribution in [2.45, 2.75) is 262 Å². The van der Waals surface area contributed by atoms with Crippen LogP contribution < -0.4 is 0 Å². The van der Waals surface area contributed by atoms with E-state index in [0.717, 1.165) is 108 Å². The number of fused-ring (bicyclic) bond motifs is 6. The molecule has 1 aliphatic carbocycles. The molecule has 7 heterocycles. The van der Waals surface area contributed by atoms with Gasteiger partial charge in [0, 0.05) is 61.3 Å². The van der Waals surface area contributed by atoms with Crippen LogP contribution in [0, 0.1) is 29.1 Å². The normalized spacial score (nSPS) is 44.1. The van der Waals surface area contributed by atoms with Crippen molar-refractivity contribution in [1.82, 2.24) is 0 Å². The highest BCUT2D eigenvalue weighted by atomic mass is 28.4. The summed E-state index contributed by atoms with van der Waals surface area (Å²) in [5.41, 5.74) is 1.95. The zero-order chi connectivity index (χ0) is 47.0. The van der Waals surface area contributed by atoms with Crippen LogP contribution in [-0.4, -0.2) is 93.4 Å². The molecule has 0 aromatic rings. The van der Waals surface area contributed by atoms with Crippen LogP contribution in [0.25, 0.3) is 0 Å². The number of hydrogen-bond donors (Lipinski definition) is 1. The van der Waals surface area contributed by atoms with Gasteiger partial charge in [-0.3, -0.25) is 4.99 Å². The van der Waals surface area contributed by atoms with Crippen LogP contribution >= 0.6 is 0 Å². The van der Waals surface area contributed by atoms with Crippen molar-refractivity contribution < 1.29 is 42.4 Å². The van der Waals surface area contributed by atoms with E-state index in [1.165, 1.54) is 11.3 Å². The van der Waals surface area contributed by atoms with Crippen LogP contribution in [0.3, 0.4) is 0 Å². The topological polar surface area (TPSA) is 114 Å². The van der Waals surface area contributed by atoms with Gasteiger partial charge in [-0.1, -0.05) is 80.5 Å². The summed E-state index contributed by atoms with van der Waals surface area (Å²) in [5.74, 6) is -2.75. The second-order valence-electron chi connectivity index (χ2n) is 24.5. The Bertz CT molecular complexity index is 1840. The molecule has 6 fully saturated rings. The van der Waals surface area contributed by atoms with Crippen LogP contribution in [0.5, 0.6) is 0 Å². The molecule has 0 aromatic heterocycles. The van der Waals surface area contributed by atoms with Gasteiger partial charge in [0.05, 0.1) is 24.4 Å². The predicted octanol–water partition coefficient (Wildman–Crippen LogP) is 12.7. The molecule has 14 atom stereocenters. The number of carboxylic acids is 1. The largest absolute Gasteiger partial charge is 0.478 e. The van der Waals surface area contributed by atoms with E-state index in [1.807, 2.05) is 0 Å². The third kappa shape index (κ3) is 9.20. The van der Waals surface area contributed by atoms with Gasteiger partial charge in [-0.2, -0.15) is 0 Å². The molecule has 368 valence electrons. The van der Waals surface area contributed by atoms with Crippen molar-refractivity contribution in [3.05, 3.63) is 23.8 Å². The average Bonchev–Trinajstić information content (AvgIpc) is 3.71. The fourth-order valence-corrected chi connectivity index (χ4v) is 18.3. The Morgan fingerprint density at radius 2 is 1.55 bits per heavy atom. The summed E-state index contributed by atoms with van der Waals surface area (Å²) in [4.78, 5) is 18.6. The number of carbonyl (C=O) groups is 1. The van der Waals surface area contributed by atoms with E-state index in [0.29, 0.717) is 36.7 Å². The van der Waals surface area contributed by atoms with Gasteiger partial charge in [0.15, 0.2) is 34.0 Å². The average molecular weight is 940 g/mol. The van der Waals surface area contributed by atoms with Crippen molar-refractivity contribution in [3.63, 3.8) is 0 Å². The molecule has 1 N–H and O–H groups in total. The Labute approximate surface area is 395 Å². The highest BCUT2D eigenvalue weighted by Crippen LogP contribution is 2.60. The molecule has 0 amide bonds. The standard InChI is InChI=1S/C53H89NO9Si2/c1-14-65(15-2,16-3)63-49(11)25-23-40-29-35(4)19-17-21-43-50(31-36(5)38(7)34-54-43)26-22-39(47(55)56)30-42(50)45-46-44(61-64(12,13)48(8,9)10)37(6)32-52(59-45,60-46)33-41-20-18-24-51(57-41)27-28-53(49,58-40)62-51/h30,36-38,40-42,44-46H,4,14-29,31-34H2,1-3,5-13H3,(H,55,56)/t36-,37+,38-,40-,41+,42+,44+,45-,46+,49+,50+,51+,52+,53+/m0/s1. The molecular weight excluding hydrogens is 851 g/mol. The van der Waals surface area contributed by atoms with Gasteiger partial charge in [0.25, 0.3) is 0 Å². The molecule has 0 unspecified atom stereocenters. The van der Waals surface area contributed by atoms with Crippen molar-refractivity contribution in [1.29, 1.82) is 0 Å². The highest BCUT2D eigenvalue weighted by Gasteiger charge is 2.67. The Kier molecular flexibility index (Phi) is 14.0. The lowest BCUT2D eigenvalue weighted by molar-refractivity contribution is -0.400. The Balaban J connectivity index is 1.23. The maximum atomic E-state index is 13.0. The summed E-state index contributed by atoms with van der Waals surface area (Å²) in [6.07, 6.45) is 13.8. The first kappa shape index (κ1) is 50.2. The highest BCUT2D eigenvalue weighted by molar-refractivity contribution is 6.74. The van der Waals surface area contributed by atoms with Gasteiger partial charge in [-0.15, -0.1) is 0 Å². The molecule has 12 heteroatoms. The third-order valence-electron chi connectivity index (χ3n) is 19.2. The van der Waals surface area contributed by atoms with E-state index in [-0.39, 0.29) is 46.7 Å². The number of carboxylic acid groups (broad SMARTS) is 1. The van der Waals surface area contributed by atoms with Crippen LogP contribution in [0.15, 0.2) is 28.8 Å². The first-order valence-electron chi connectivity index (χ1n) is 26.4. The molecular formula is C53H89NO9Si2. The summed E-state index contributed by atoms with van der Waals surface area (Å²) in [5, 5.41) is 10.7. The molecule has 4 spiro atoms. The van der Waals surface area contributed by atoms with Crippen molar-refractivity contribution >= 4 is 28.3 Å². The van der Waals surface area contributed by atoms with E-state index in [2.05, 4.69) is 88.4 Å². The van der Waals surface area contributed by atoms with Crippen molar-refractivity contribution in [2.24, 2.45) is 34.1 Å². The minimum Gasteiger partial charge on any atom is -0.478 e. The van der Waals surface area contributed by atoms with Crippen LogP contribution in [0.4, 0.5) is 0 Å². The molecule has 65 heavy (non-hydrogen) atoms. The van der Waals surface area contributed by atoms with Gasteiger partial charge in [-0.25, -0.2) is 4.79 Å². The Hall–Kier alpha value is -1.23. The second kappa shape index (κ2) is 18.2. The quantitative estimate of drug-likeness (QED) is 0.188. The fraction of sp³-hybridized carbons (Fsp3) is 0.887. The minimum absolute atomic E-state index is 0.00267. The molecule has 8 rings (SSSR count). The zero-order valence-corrected chi connectivity index (χ0v) is 44.8. The van der Waals surface area contributed by atoms with Gasteiger partial charge in [0.2, 0.25) is 0 Å². The Morgan fingerprint density at radius 3 is 2.25 bits per heavy atom. The molecule has 0 saturated carbocycles. The van der Waals surface area contributed by atoms with E-state index in [4.69, 9.17) is 44.1 Å². The van der Waals surface area contributed by atoms with Gasteiger partial charge >= 0.3 is 5.97 Å². The number of nitrogens with zero attached hydrogens (tertiary/aromatic N) is 1. The van der Waals surface area contributed by atoms with Gasteiger partial charge in [0.1, 0.15) is 11.7 Å². The number of rotatable bonds is 8. The van der Waals surface area contributed by atoms with Crippen molar-refractivity contribution in [2.75, 3.05) is 6.54 Å². The van der Waals surface area contributed by atoms with Gasteiger partial charge in [-0.05, 0) is 132 Å². The van der Waals surface area contributed by atoms with Crippen LogP contribution in [0.2, 0.25) is 36.3 Å². The van der Waals surface area contributed by atoms with Crippen LogP contribution in [-0.2, 0) is 37.3 Å². The lowest BCUT2D eigenvalue weighted by atomic mass is 9.57. The molecule has 0 radical (unpaired) electrons. The first-order chi connectivity index (χ1) is 30.5. The molecule has 7 aliphatic heterocycles. The lowest BCUT2D eigenvalue weighted by Gasteiger charge is -2.55. The summed E-state index contributed by atoms with van der Waals surface area (Å²) in [6.45, 7) is 33.3. The van der Waals surface area contributed by atoms with E-state index in [9.17, 15) is 9.90 Å². The molecule has 0 aromatic carbocycles. The van der Waals surface area contributed by atoms with E-state index in [1.54, 1.807) is 0 Å². The predicted molar refractivity (Wildman–Crippen MR) is 262 cm³/mol. The summed E-state index contributed by atoms with van der Waals surface area (Å²) in [7, 11) is -4.34. The first-order valence-corrected chi connectivity index (χ1v) is 31.9. The molecule has 8 aliphatic rings. The van der Waals surface area contributed by atoms with E-state index >= 15 is 0 Å². The second-order valence-corrected chi connectivity index (χ2v) is 33.9. The number of aliphatic carboxylic acids is 1. The smallest absolute Gasteiger partial charge is 0.331 e. The summed E-state index contributed by atoms with van der Waals surface area (Å²) in [6, 6.07) is 3.20. The number of ether oxygens (including phenoxy) is 5. The summed E-state index contributed by atoms with van der Waals surface area (Å²) >= 11 is 0. The molecule has 6 saturated heterocycles. The van der Waals surface area contributed by atoms with Crippen molar-refractivity contribution in [3.8, 4) is 0 Å². The van der Waals surface area contributed by atoms with E-state index < -0.39 is 51.7 Å². The minimum atomic E-state index is -2.28. The zero-order valence-electron chi connectivity index (χ0n) is 42.8. The monoisotopic (exact) mass is 940 g/mol. The third-order valence-corrected chi connectivity index (χ3v) is 28.4. The number of aliphatic imine (C=N–C) groups is 1. The Morgan fingerprint density at radius 1 is 0.831 bits per heavy atom. The van der Waals surface area contributed by atoms with Gasteiger partial charge < -0.3 is 37.6 Å². The lowest BCUT2D eigenvalue weighted by Crippen LogP contribution is -2.65. The fourth-order valence-electron chi connectivity index (χ4n) is 13.8. The SMILES string of the molecule is C=C1CCCC2=NC[C@H](C)[C@@H](C)C[C@@]23CCC(C(=O)O)=C[C@@H]3[C@@H]2O[C@]3(C[C@H]4CCC[C@@]5(CC[C@@]6(O[C@@H](CC[C@@]6(C)O[Si](CC)(CC)CC)C1)O5)O4)C[C@@H](C)[C@@H](O[Si](C)(C)C(C)(C)C)[C@H]2O3. The van der Waals surface area contributed by atoms with Crippen LogP contribution in [0.1, 0.15) is 172 Å².